The Balaban J connectivity index is 2.41. The molecule has 0 aromatic rings. The quantitative estimate of drug-likeness (QED) is 0.507. The monoisotopic (exact) mass is 168 g/mol. The summed E-state index contributed by atoms with van der Waals surface area (Å²) in [7, 11) is 0. The second-order valence-electron chi connectivity index (χ2n) is 3.99. The lowest BCUT2D eigenvalue weighted by atomic mass is 10.2. The van der Waals surface area contributed by atoms with Crippen LogP contribution in [0.25, 0.3) is 0 Å². The molecule has 0 atom stereocenters. The average molecular weight is 168 g/mol. The van der Waals surface area contributed by atoms with Crippen molar-refractivity contribution in [2.45, 2.75) is 46.1 Å². The van der Waals surface area contributed by atoms with Crippen LogP contribution >= 0.6 is 0 Å². The van der Waals surface area contributed by atoms with Gasteiger partial charge in [0, 0.05) is 19.0 Å². The van der Waals surface area contributed by atoms with Gasteiger partial charge in [0.1, 0.15) is 0 Å². The zero-order valence-electron chi connectivity index (χ0n) is 8.43. The van der Waals surface area contributed by atoms with E-state index in [-0.39, 0.29) is 0 Å². The molecule has 1 fully saturated rings. The molecule has 1 aliphatic rings. The SMILES string of the molecule is CCC(=N)N(CC1CC1)C(C)C. The van der Waals surface area contributed by atoms with E-state index in [4.69, 9.17) is 5.41 Å². The predicted molar refractivity (Wildman–Crippen MR) is 52.6 cm³/mol. The maximum absolute atomic E-state index is 7.77. The van der Waals surface area contributed by atoms with Crippen LogP contribution in [-0.4, -0.2) is 23.3 Å². The van der Waals surface area contributed by atoms with Gasteiger partial charge in [-0.1, -0.05) is 6.92 Å². The molecule has 1 rings (SSSR count). The van der Waals surface area contributed by atoms with Crippen LogP contribution < -0.4 is 0 Å². The van der Waals surface area contributed by atoms with Crippen molar-refractivity contribution >= 4 is 5.84 Å². The lowest BCUT2D eigenvalue weighted by Gasteiger charge is -2.28. The van der Waals surface area contributed by atoms with Gasteiger partial charge in [0.15, 0.2) is 0 Å². The van der Waals surface area contributed by atoms with Crippen LogP contribution in [0.3, 0.4) is 0 Å². The number of rotatable bonds is 4. The number of amidine groups is 1. The van der Waals surface area contributed by atoms with Crippen LogP contribution in [0.15, 0.2) is 0 Å². The van der Waals surface area contributed by atoms with E-state index in [1.54, 1.807) is 0 Å². The van der Waals surface area contributed by atoms with E-state index < -0.39 is 0 Å². The highest BCUT2D eigenvalue weighted by atomic mass is 15.2. The molecule has 0 spiro atoms. The van der Waals surface area contributed by atoms with E-state index in [1.165, 1.54) is 12.8 Å². The van der Waals surface area contributed by atoms with Crippen LogP contribution in [0, 0.1) is 11.3 Å². The number of nitrogens with zero attached hydrogens (tertiary/aromatic N) is 1. The van der Waals surface area contributed by atoms with Gasteiger partial charge in [-0.25, -0.2) is 0 Å². The third-order valence-corrected chi connectivity index (χ3v) is 2.46. The van der Waals surface area contributed by atoms with Gasteiger partial charge in [0.2, 0.25) is 0 Å². The Morgan fingerprint density at radius 1 is 1.50 bits per heavy atom. The van der Waals surface area contributed by atoms with Crippen LogP contribution in [-0.2, 0) is 0 Å². The van der Waals surface area contributed by atoms with Crippen LogP contribution in [0.2, 0.25) is 0 Å². The first kappa shape index (κ1) is 9.56. The smallest absolute Gasteiger partial charge is 0.0957 e. The minimum atomic E-state index is 0.498. The summed E-state index contributed by atoms with van der Waals surface area (Å²) < 4.78 is 0. The molecule has 0 radical (unpaired) electrons. The fourth-order valence-corrected chi connectivity index (χ4v) is 1.41. The Morgan fingerprint density at radius 3 is 2.42 bits per heavy atom. The first-order valence-corrected chi connectivity index (χ1v) is 4.99. The van der Waals surface area contributed by atoms with Gasteiger partial charge in [-0.3, -0.25) is 5.41 Å². The molecule has 70 valence electrons. The summed E-state index contributed by atoms with van der Waals surface area (Å²) in [6, 6.07) is 0.498. The summed E-state index contributed by atoms with van der Waals surface area (Å²) in [5.74, 6) is 1.69. The van der Waals surface area contributed by atoms with E-state index in [0.29, 0.717) is 6.04 Å². The summed E-state index contributed by atoms with van der Waals surface area (Å²) in [5, 5.41) is 7.77. The molecule has 2 nitrogen and oxygen atoms in total. The molecule has 0 bridgehead atoms. The van der Waals surface area contributed by atoms with E-state index in [9.17, 15) is 0 Å². The predicted octanol–water partition coefficient (Wildman–Crippen LogP) is 2.49. The summed E-state index contributed by atoms with van der Waals surface area (Å²) >= 11 is 0. The molecular weight excluding hydrogens is 148 g/mol. The lowest BCUT2D eigenvalue weighted by Crippen LogP contribution is -2.37. The number of hydrogen-bond acceptors (Lipinski definition) is 1. The largest absolute Gasteiger partial charge is 0.358 e. The molecule has 0 aliphatic heterocycles. The van der Waals surface area contributed by atoms with Crippen molar-refractivity contribution in [3.8, 4) is 0 Å². The van der Waals surface area contributed by atoms with Crippen molar-refractivity contribution in [3.63, 3.8) is 0 Å². The summed E-state index contributed by atoms with van der Waals surface area (Å²) in [4.78, 5) is 2.23. The summed E-state index contributed by atoms with van der Waals surface area (Å²) in [5.41, 5.74) is 0. The molecular formula is C10H20N2. The Labute approximate surface area is 75.5 Å². The average Bonchev–Trinajstić information content (AvgIpc) is 2.81. The highest BCUT2D eigenvalue weighted by Gasteiger charge is 2.26. The Hall–Kier alpha value is -0.530. The van der Waals surface area contributed by atoms with E-state index in [0.717, 1.165) is 24.7 Å². The molecule has 0 unspecified atom stereocenters. The van der Waals surface area contributed by atoms with Crippen molar-refractivity contribution in [1.82, 2.24) is 4.90 Å². The molecule has 0 amide bonds. The van der Waals surface area contributed by atoms with E-state index in [1.807, 2.05) is 0 Å². The van der Waals surface area contributed by atoms with Crippen LogP contribution in [0.5, 0.6) is 0 Å². The first-order chi connectivity index (χ1) is 5.65. The minimum absolute atomic E-state index is 0.498. The van der Waals surface area contributed by atoms with Crippen molar-refractivity contribution in [2.24, 2.45) is 5.92 Å². The number of hydrogen-bond donors (Lipinski definition) is 1. The molecule has 0 saturated heterocycles. The molecule has 0 aromatic heterocycles. The van der Waals surface area contributed by atoms with Gasteiger partial charge in [0.05, 0.1) is 5.84 Å². The molecule has 1 saturated carbocycles. The molecule has 2 heteroatoms. The zero-order valence-corrected chi connectivity index (χ0v) is 8.43. The highest BCUT2D eigenvalue weighted by Crippen LogP contribution is 2.30. The normalized spacial score (nSPS) is 16.7. The van der Waals surface area contributed by atoms with Gasteiger partial charge in [0.25, 0.3) is 0 Å². The van der Waals surface area contributed by atoms with Crippen LogP contribution in [0.1, 0.15) is 40.0 Å². The fourth-order valence-electron chi connectivity index (χ4n) is 1.41. The molecule has 0 heterocycles. The van der Waals surface area contributed by atoms with Gasteiger partial charge in [-0.2, -0.15) is 0 Å². The van der Waals surface area contributed by atoms with Gasteiger partial charge >= 0.3 is 0 Å². The maximum atomic E-state index is 7.77. The van der Waals surface area contributed by atoms with Crippen molar-refractivity contribution in [1.29, 1.82) is 5.41 Å². The molecule has 1 N–H and O–H groups in total. The fraction of sp³-hybridized carbons (Fsp3) is 0.900. The summed E-state index contributed by atoms with van der Waals surface area (Å²) in [6.45, 7) is 7.52. The van der Waals surface area contributed by atoms with Gasteiger partial charge < -0.3 is 4.90 Å². The van der Waals surface area contributed by atoms with Crippen molar-refractivity contribution < 1.29 is 0 Å². The molecule has 1 aliphatic carbocycles. The molecule has 0 aromatic carbocycles. The van der Waals surface area contributed by atoms with Crippen molar-refractivity contribution in [2.75, 3.05) is 6.54 Å². The van der Waals surface area contributed by atoms with Crippen molar-refractivity contribution in [3.05, 3.63) is 0 Å². The topological polar surface area (TPSA) is 27.1 Å². The van der Waals surface area contributed by atoms with Gasteiger partial charge in [-0.05, 0) is 32.6 Å². The van der Waals surface area contributed by atoms with E-state index in [2.05, 4.69) is 25.7 Å². The highest BCUT2D eigenvalue weighted by molar-refractivity contribution is 5.79. The van der Waals surface area contributed by atoms with E-state index >= 15 is 0 Å². The zero-order chi connectivity index (χ0) is 9.14. The molecule has 12 heavy (non-hydrogen) atoms. The second kappa shape index (κ2) is 3.92. The second-order valence-corrected chi connectivity index (χ2v) is 3.99. The standard InChI is InChI=1S/C10H20N2/c1-4-10(11)12(8(2)3)7-9-5-6-9/h8-9,11H,4-7H2,1-3H3. The maximum Gasteiger partial charge on any atom is 0.0957 e. The third kappa shape index (κ3) is 2.50. The Kier molecular flexibility index (Phi) is 3.12. The lowest BCUT2D eigenvalue weighted by molar-refractivity contribution is 0.328. The first-order valence-electron chi connectivity index (χ1n) is 4.99. The Morgan fingerprint density at radius 2 is 2.08 bits per heavy atom. The number of nitrogens with one attached hydrogen (secondary N) is 1. The Bertz CT molecular complexity index is 159. The third-order valence-electron chi connectivity index (χ3n) is 2.46. The van der Waals surface area contributed by atoms with Gasteiger partial charge in [-0.15, -0.1) is 0 Å². The summed E-state index contributed by atoms with van der Waals surface area (Å²) in [6.07, 6.45) is 3.62. The van der Waals surface area contributed by atoms with Crippen LogP contribution in [0.4, 0.5) is 0 Å². The minimum Gasteiger partial charge on any atom is -0.358 e.